The Labute approximate surface area is 241 Å². The molecule has 2 heterocycles. The van der Waals surface area contributed by atoms with Crippen molar-refractivity contribution in [1.82, 2.24) is 4.98 Å². The summed E-state index contributed by atoms with van der Waals surface area (Å²) in [6, 6.07) is 16.0. The maximum Gasteiger partial charge on any atom is 0.337 e. The van der Waals surface area contributed by atoms with E-state index in [9.17, 15) is 19.6 Å². The number of pyridine rings is 1. The molecule has 0 saturated carbocycles. The highest BCUT2D eigenvalue weighted by Gasteiger charge is 2.36. The maximum absolute atomic E-state index is 13.2. The second-order valence-corrected chi connectivity index (χ2v) is 12.2. The predicted octanol–water partition coefficient (Wildman–Crippen LogP) is 6.95. The van der Waals surface area contributed by atoms with Crippen molar-refractivity contribution in [3.05, 3.63) is 77.4 Å². The summed E-state index contributed by atoms with van der Waals surface area (Å²) in [4.78, 5) is 19.2. The molecule has 216 valence electrons. The van der Waals surface area contributed by atoms with Crippen molar-refractivity contribution in [3.8, 4) is 22.9 Å². The van der Waals surface area contributed by atoms with Crippen LogP contribution in [0.4, 0.5) is 10.1 Å². The van der Waals surface area contributed by atoms with E-state index < -0.39 is 17.7 Å². The van der Waals surface area contributed by atoms with Crippen molar-refractivity contribution in [2.45, 2.75) is 65.6 Å². The number of nitriles is 1. The summed E-state index contributed by atoms with van der Waals surface area (Å²) in [6.45, 7) is 11.7. The number of halogens is 1. The fraction of sp³-hybridized carbons (Fsp3) is 0.424. The molecule has 8 heteroatoms. The summed E-state index contributed by atoms with van der Waals surface area (Å²) in [5.74, 6) is -0.754. The Hall–Kier alpha value is -3.96. The molecule has 0 amide bonds. The zero-order chi connectivity index (χ0) is 29.8. The average Bonchev–Trinajstić information content (AvgIpc) is 2.92. The van der Waals surface area contributed by atoms with Crippen molar-refractivity contribution >= 4 is 11.7 Å². The smallest absolute Gasteiger partial charge is 0.337 e. The summed E-state index contributed by atoms with van der Waals surface area (Å²) < 4.78 is 25.1. The van der Waals surface area contributed by atoms with Gasteiger partial charge in [-0.2, -0.15) is 5.26 Å². The van der Waals surface area contributed by atoms with Gasteiger partial charge in [-0.3, -0.25) is 0 Å². The first-order valence-corrected chi connectivity index (χ1v) is 13.9. The quantitative estimate of drug-likeness (QED) is 0.303. The first kappa shape index (κ1) is 30.0. The van der Waals surface area contributed by atoms with Gasteiger partial charge >= 0.3 is 5.97 Å². The van der Waals surface area contributed by atoms with Gasteiger partial charge in [-0.1, -0.05) is 38.1 Å². The number of benzene rings is 2. The molecule has 1 fully saturated rings. The number of hydrogen-bond acceptors (Lipinski definition) is 6. The summed E-state index contributed by atoms with van der Waals surface area (Å²) in [5.41, 5.74) is 2.96. The highest BCUT2D eigenvalue weighted by molar-refractivity contribution is 5.87. The van der Waals surface area contributed by atoms with Gasteiger partial charge < -0.3 is 19.5 Å². The van der Waals surface area contributed by atoms with Gasteiger partial charge in [0, 0.05) is 31.3 Å². The minimum Gasteiger partial charge on any atom is -0.493 e. The molecule has 1 saturated heterocycles. The zero-order valence-electron chi connectivity index (χ0n) is 24.4. The first-order chi connectivity index (χ1) is 19.4. The third kappa shape index (κ3) is 7.62. The molecule has 4 rings (SSSR count). The van der Waals surface area contributed by atoms with Crippen LogP contribution < -0.4 is 9.64 Å². The predicted molar refractivity (Wildman–Crippen MR) is 156 cm³/mol. The molecule has 1 aromatic heterocycles. The van der Waals surface area contributed by atoms with Crippen molar-refractivity contribution in [3.63, 3.8) is 0 Å². The molecule has 41 heavy (non-hydrogen) atoms. The van der Waals surface area contributed by atoms with E-state index in [2.05, 4.69) is 29.8 Å². The van der Waals surface area contributed by atoms with Crippen LogP contribution in [0.5, 0.6) is 5.75 Å². The van der Waals surface area contributed by atoms with Crippen LogP contribution in [-0.2, 0) is 16.0 Å². The normalized spacial score (nSPS) is 15.7. The lowest BCUT2D eigenvalue weighted by molar-refractivity contribution is -0.160. The molecule has 1 N–H and O–H groups in total. The molecule has 1 aliphatic heterocycles. The highest BCUT2D eigenvalue weighted by atomic mass is 19.1. The fourth-order valence-electron chi connectivity index (χ4n) is 5.00. The van der Waals surface area contributed by atoms with Gasteiger partial charge in [0.1, 0.15) is 23.3 Å². The monoisotopic (exact) mass is 559 g/mol. The molecule has 1 aliphatic rings. The van der Waals surface area contributed by atoms with Crippen molar-refractivity contribution in [1.29, 1.82) is 5.26 Å². The Balaban J connectivity index is 1.70. The number of rotatable bonds is 9. The number of aliphatic carboxylic acids is 1. The van der Waals surface area contributed by atoms with Crippen LogP contribution in [-0.4, -0.2) is 41.4 Å². The van der Waals surface area contributed by atoms with Crippen LogP contribution in [0.2, 0.25) is 0 Å². The van der Waals surface area contributed by atoms with Gasteiger partial charge in [-0.05, 0) is 74.4 Å². The molecular formula is C33H38FN3O4. The van der Waals surface area contributed by atoms with Crippen molar-refractivity contribution in [2.75, 3.05) is 24.6 Å². The number of piperidine rings is 1. The van der Waals surface area contributed by atoms with Crippen LogP contribution in [0.25, 0.3) is 11.1 Å². The van der Waals surface area contributed by atoms with E-state index in [1.54, 1.807) is 39.1 Å². The van der Waals surface area contributed by atoms with Crippen LogP contribution in [0.15, 0.2) is 54.7 Å². The van der Waals surface area contributed by atoms with E-state index >= 15 is 0 Å². The summed E-state index contributed by atoms with van der Waals surface area (Å²) in [6.07, 6.45) is 2.78. The zero-order valence-corrected chi connectivity index (χ0v) is 24.4. The van der Waals surface area contributed by atoms with Crippen molar-refractivity contribution < 1.29 is 23.8 Å². The lowest BCUT2D eigenvalue weighted by Crippen LogP contribution is -2.39. The topological polar surface area (TPSA) is 95.7 Å². The third-order valence-corrected chi connectivity index (χ3v) is 7.32. The minimum atomic E-state index is -1.36. The maximum atomic E-state index is 13.2. The second kappa shape index (κ2) is 12.3. The number of ether oxygens (including phenoxy) is 2. The number of anilines is 1. The molecule has 2 aromatic carbocycles. The molecule has 1 unspecified atom stereocenters. The van der Waals surface area contributed by atoms with Crippen LogP contribution in [0, 0.1) is 22.6 Å². The Morgan fingerprint density at radius 3 is 2.32 bits per heavy atom. The molecule has 7 nitrogen and oxygen atoms in total. The van der Waals surface area contributed by atoms with Gasteiger partial charge in [-0.25, -0.2) is 14.2 Å². The van der Waals surface area contributed by atoms with E-state index in [0.717, 1.165) is 29.5 Å². The molecule has 0 bridgehead atoms. The number of carboxylic acid groups (broad SMARTS) is 1. The molecule has 1 atom stereocenters. The molecule has 0 radical (unpaired) electrons. The Morgan fingerprint density at radius 1 is 1.12 bits per heavy atom. The van der Waals surface area contributed by atoms with E-state index in [1.807, 2.05) is 24.3 Å². The van der Waals surface area contributed by atoms with Gasteiger partial charge in [0.25, 0.3) is 0 Å². The summed E-state index contributed by atoms with van der Waals surface area (Å²) in [7, 11) is 0. The molecule has 0 aliphatic carbocycles. The minimum absolute atomic E-state index is 0.0472. The van der Waals surface area contributed by atoms with E-state index in [0.29, 0.717) is 37.6 Å². The number of aromatic nitrogens is 1. The van der Waals surface area contributed by atoms with E-state index in [1.165, 1.54) is 12.1 Å². The van der Waals surface area contributed by atoms with Crippen LogP contribution in [0.1, 0.15) is 70.4 Å². The van der Waals surface area contributed by atoms with E-state index in [4.69, 9.17) is 9.47 Å². The van der Waals surface area contributed by atoms with Crippen molar-refractivity contribution in [2.24, 2.45) is 5.41 Å². The number of carbonyl (C=O) groups is 1. The fourth-order valence-corrected chi connectivity index (χ4v) is 5.00. The van der Waals surface area contributed by atoms with Crippen LogP contribution >= 0.6 is 0 Å². The highest BCUT2D eigenvalue weighted by Crippen LogP contribution is 2.43. The Kier molecular flexibility index (Phi) is 8.98. The average molecular weight is 560 g/mol. The van der Waals surface area contributed by atoms with Gasteiger partial charge in [-0.15, -0.1) is 0 Å². The first-order valence-electron chi connectivity index (χ1n) is 13.9. The lowest BCUT2D eigenvalue weighted by Gasteiger charge is -2.40. The van der Waals surface area contributed by atoms with E-state index in [-0.39, 0.29) is 22.5 Å². The second-order valence-electron chi connectivity index (χ2n) is 12.2. The number of nitrogens with zero attached hydrogens (tertiary/aromatic N) is 3. The standard InChI is InChI=1S/C33H38FN3O4/c1-32(2,3)41-30(31(38)39)28-27(20-35)36-21-26(29(28)37-17-15-33(4,5)16-18-37)23-8-12-25(13-9-23)40-19-14-22-6-10-24(34)11-7-22/h6-13,21,30H,14-19H2,1-5H3,(H,38,39). The summed E-state index contributed by atoms with van der Waals surface area (Å²) in [5, 5.41) is 20.3. The largest absolute Gasteiger partial charge is 0.493 e. The SMILES string of the molecule is CC1(C)CCN(c2c(-c3ccc(OCCc4ccc(F)cc4)cc3)cnc(C#N)c2C(OC(C)(C)C)C(=O)O)CC1. The molecule has 0 spiro atoms. The summed E-state index contributed by atoms with van der Waals surface area (Å²) >= 11 is 0. The van der Waals surface area contributed by atoms with Gasteiger partial charge in [0.2, 0.25) is 0 Å². The Morgan fingerprint density at radius 2 is 1.76 bits per heavy atom. The molecule has 3 aromatic rings. The lowest BCUT2D eigenvalue weighted by atomic mass is 9.82. The van der Waals surface area contributed by atoms with Crippen LogP contribution in [0.3, 0.4) is 0 Å². The number of hydrogen-bond donors (Lipinski definition) is 1. The van der Waals surface area contributed by atoms with Gasteiger partial charge in [0.15, 0.2) is 6.10 Å². The molecular weight excluding hydrogens is 521 g/mol. The van der Waals surface area contributed by atoms with Gasteiger partial charge in [0.05, 0.1) is 23.5 Å². The Bertz CT molecular complexity index is 1400. The third-order valence-electron chi connectivity index (χ3n) is 7.32. The number of carboxylic acids is 1.